The van der Waals surface area contributed by atoms with Gasteiger partial charge in [-0.05, 0) is 47.9 Å². The summed E-state index contributed by atoms with van der Waals surface area (Å²) in [6, 6.07) is 17.0. The first kappa shape index (κ1) is 20.1. The van der Waals surface area contributed by atoms with Crippen molar-refractivity contribution >= 4 is 35.1 Å². The predicted octanol–water partition coefficient (Wildman–Crippen LogP) is 6.27. The minimum Gasteiger partial charge on any atom is -0.478 e. The van der Waals surface area contributed by atoms with Gasteiger partial charge in [0.2, 0.25) is 5.78 Å². The van der Waals surface area contributed by atoms with E-state index in [1.165, 1.54) is 0 Å². The van der Waals surface area contributed by atoms with Crippen LogP contribution in [-0.2, 0) is 13.1 Å². The lowest BCUT2D eigenvalue weighted by atomic mass is 9.98. The van der Waals surface area contributed by atoms with Gasteiger partial charge in [-0.25, -0.2) is 0 Å². The summed E-state index contributed by atoms with van der Waals surface area (Å²) >= 11 is 12.6. The van der Waals surface area contributed by atoms with E-state index < -0.39 is 0 Å². The number of nitrogens with zero attached hydrogens (tertiary/aromatic N) is 1. The number of rotatable bonds is 3. The SMILES string of the molecule is Cc1cc2c(c3c1C(=O)/C(=C/c1ccccc1Cl)O3)CN(Cc1ccccc1Cl)CO2. The number of hydrogen-bond acceptors (Lipinski definition) is 4. The minimum absolute atomic E-state index is 0.140. The lowest BCUT2D eigenvalue weighted by Gasteiger charge is -2.30. The van der Waals surface area contributed by atoms with Gasteiger partial charge in [-0.2, -0.15) is 0 Å². The first-order valence-corrected chi connectivity index (χ1v) is 10.7. The maximum atomic E-state index is 13.1. The first-order valence-electron chi connectivity index (χ1n) is 9.95. The van der Waals surface area contributed by atoms with E-state index >= 15 is 0 Å². The van der Waals surface area contributed by atoms with Gasteiger partial charge in [0.15, 0.2) is 5.76 Å². The van der Waals surface area contributed by atoms with Crippen molar-refractivity contribution in [3.63, 3.8) is 0 Å². The number of ether oxygens (including phenoxy) is 2. The fraction of sp³-hybridized carbons (Fsp3) is 0.160. The van der Waals surface area contributed by atoms with Gasteiger partial charge >= 0.3 is 0 Å². The van der Waals surface area contributed by atoms with Gasteiger partial charge in [0.1, 0.15) is 18.2 Å². The lowest BCUT2D eigenvalue weighted by Crippen LogP contribution is -2.32. The number of benzene rings is 3. The van der Waals surface area contributed by atoms with Crippen molar-refractivity contribution in [3.8, 4) is 11.5 Å². The molecule has 156 valence electrons. The zero-order valence-corrected chi connectivity index (χ0v) is 18.3. The number of ketones is 1. The van der Waals surface area contributed by atoms with Gasteiger partial charge < -0.3 is 9.47 Å². The molecule has 5 rings (SSSR count). The third-order valence-electron chi connectivity index (χ3n) is 5.53. The highest BCUT2D eigenvalue weighted by Crippen LogP contribution is 2.44. The molecule has 0 saturated carbocycles. The molecular weight excluding hydrogens is 433 g/mol. The second-order valence-electron chi connectivity index (χ2n) is 7.69. The molecule has 6 heteroatoms. The third kappa shape index (κ3) is 3.72. The molecule has 0 bridgehead atoms. The van der Waals surface area contributed by atoms with E-state index in [4.69, 9.17) is 32.7 Å². The van der Waals surface area contributed by atoms with Crippen molar-refractivity contribution in [2.24, 2.45) is 0 Å². The van der Waals surface area contributed by atoms with E-state index in [9.17, 15) is 4.79 Å². The minimum atomic E-state index is -0.140. The van der Waals surface area contributed by atoms with Gasteiger partial charge in [0, 0.05) is 23.1 Å². The number of carbonyl (C=O) groups is 1. The summed E-state index contributed by atoms with van der Waals surface area (Å²) in [4.78, 5) is 15.3. The number of carbonyl (C=O) groups excluding carboxylic acids is 1. The van der Waals surface area contributed by atoms with Gasteiger partial charge in [0.25, 0.3) is 0 Å². The molecule has 31 heavy (non-hydrogen) atoms. The van der Waals surface area contributed by atoms with Crippen molar-refractivity contribution in [3.05, 3.63) is 98.2 Å². The van der Waals surface area contributed by atoms with Crippen LogP contribution in [0.25, 0.3) is 6.08 Å². The monoisotopic (exact) mass is 451 g/mol. The number of halogens is 2. The quantitative estimate of drug-likeness (QED) is 0.439. The van der Waals surface area contributed by atoms with Crippen molar-refractivity contribution in [1.29, 1.82) is 0 Å². The Labute approximate surface area is 190 Å². The fourth-order valence-corrected chi connectivity index (χ4v) is 4.36. The molecule has 3 aromatic rings. The van der Waals surface area contributed by atoms with E-state index in [0.29, 0.717) is 36.2 Å². The molecule has 3 aromatic carbocycles. The summed E-state index contributed by atoms with van der Waals surface area (Å²) in [5, 5.41) is 1.29. The Morgan fingerprint density at radius 1 is 1.06 bits per heavy atom. The molecule has 0 unspecified atom stereocenters. The van der Waals surface area contributed by atoms with Gasteiger partial charge in [-0.15, -0.1) is 0 Å². The average Bonchev–Trinajstić information content (AvgIpc) is 3.09. The number of hydrogen-bond donors (Lipinski definition) is 0. The largest absolute Gasteiger partial charge is 0.478 e. The van der Waals surface area contributed by atoms with E-state index in [1.54, 1.807) is 12.1 Å². The van der Waals surface area contributed by atoms with Gasteiger partial charge in [-0.1, -0.05) is 59.6 Å². The Morgan fingerprint density at radius 2 is 1.81 bits per heavy atom. The van der Waals surface area contributed by atoms with Crippen LogP contribution in [0.5, 0.6) is 11.5 Å². The van der Waals surface area contributed by atoms with Crippen molar-refractivity contribution in [2.75, 3.05) is 6.73 Å². The molecule has 2 aliphatic heterocycles. The lowest BCUT2D eigenvalue weighted by molar-refractivity contribution is 0.0872. The molecule has 0 atom stereocenters. The zero-order valence-electron chi connectivity index (χ0n) is 16.8. The Kier molecular flexibility index (Phi) is 5.22. The molecule has 2 aliphatic rings. The summed E-state index contributed by atoms with van der Waals surface area (Å²) in [5.41, 5.74) is 4.05. The number of Topliss-reactive ketones (excluding diaryl/α,β-unsaturated/α-hetero) is 1. The highest BCUT2D eigenvalue weighted by molar-refractivity contribution is 6.32. The number of allylic oxidation sites excluding steroid dienone is 1. The van der Waals surface area contributed by atoms with E-state index in [0.717, 1.165) is 33.0 Å². The molecule has 0 aliphatic carbocycles. The smallest absolute Gasteiger partial charge is 0.232 e. The Morgan fingerprint density at radius 3 is 2.58 bits per heavy atom. The molecule has 0 aromatic heterocycles. The van der Waals surface area contributed by atoms with Crippen LogP contribution in [0, 0.1) is 6.92 Å². The molecule has 0 N–H and O–H groups in total. The molecule has 2 heterocycles. The topological polar surface area (TPSA) is 38.8 Å². The fourth-order valence-electron chi connectivity index (χ4n) is 3.98. The number of aryl methyl sites for hydroxylation is 1. The normalized spacial score (nSPS) is 16.6. The van der Waals surface area contributed by atoms with Crippen LogP contribution in [0.4, 0.5) is 0 Å². The Balaban J connectivity index is 1.49. The predicted molar refractivity (Wildman–Crippen MR) is 122 cm³/mol. The van der Waals surface area contributed by atoms with Crippen LogP contribution in [0.1, 0.15) is 32.6 Å². The van der Waals surface area contributed by atoms with E-state index in [-0.39, 0.29) is 11.5 Å². The second-order valence-corrected chi connectivity index (χ2v) is 8.50. The summed E-state index contributed by atoms with van der Waals surface area (Å²) in [5.74, 6) is 1.45. The average molecular weight is 452 g/mol. The van der Waals surface area contributed by atoms with Crippen LogP contribution in [-0.4, -0.2) is 17.4 Å². The van der Waals surface area contributed by atoms with Crippen LogP contribution >= 0.6 is 23.2 Å². The van der Waals surface area contributed by atoms with Crippen molar-refractivity contribution in [1.82, 2.24) is 4.90 Å². The molecule has 0 spiro atoms. The van der Waals surface area contributed by atoms with Crippen LogP contribution in [0.2, 0.25) is 10.0 Å². The zero-order chi connectivity index (χ0) is 21.5. The molecule has 0 saturated heterocycles. The van der Waals surface area contributed by atoms with Crippen molar-refractivity contribution < 1.29 is 14.3 Å². The van der Waals surface area contributed by atoms with Crippen LogP contribution < -0.4 is 9.47 Å². The highest BCUT2D eigenvalue weighted by atomic mass is 35.5. The van der Waals surface area contributed by atoms with Gasteiger partial charge in [-0.3, -0.25) is 9.69 Å². The molecular formula is C25H19Cl2NO3. The Bertz CT molecular complexity index is 1240. The first-order chi connectivity index (χ1) is 15.0. The van der Waals surface area contributed by atoms with E-state index in [2.05, 4.69) is 4.90 Å². The summed E-state index contributed by atoms with van der Waals surface area (Å²) in [7, 11) is 0. The Hall–Kier alpha value is -2.79. The summed E-state index contributed by atoms with van der Waals surface area (Å²) < 4.78 is 12.1. The molecule has 0 fully saturated rings. The van der Waals surface area contributed by atoms with Crippen LogP contribution in [0.3, 0.4) is 0 Å². The molecule has 0 radical (unpaired) electrons. The van der Waals surface area contributed by atoms with Crippen LogP contribution in [0.15, 0.2) is 60.4 Å². The second kappa shape index (κ2) is 8.04. The maximum Gasteiger partial charge on any atom is 0.232 e. The summed E-state index contributed by atoms with van der Waals surface area (Å²) in [6.07, 6.45) is 1.70. The highest BCUT2D eigenvalue weighted by Gasteiger charge is 2.35. The standard InChI is InChI=1S/C25H19Cl2NO3/c1-15-10-21-18(13-28(14-30-21)12-17-7-3-5-9-20(17)27)25-23(15)24(29)22(31-25)11-16-6-2-4-8-19(16)26/h2-11H,12-14H2,1H3/b22-11-. The molecule has 0 amide bonds. The van der Waals surface area contributed by atoms with Gasteiger partial charge in [0.05, 0.1) is 11.1 Å². The molecule has 4 nitrogen and oxygen atoms in total. The van der Waals surface area contributed by atoms with Crippen molar-refractivity contribution in [2.45, 2.75) is 20.0 Å². The maximum absolute atomic E-state index is 13.1. The number of fused-ring (bicyclic) bond motifs is 3. The van der Waals surface area contributed by atoms with E-state index in [1.807, 2.05) is 55.5 Å². The summed E-state index contributed by atoms with van der Waals surface area (Å²) in [6.45, 7) is 3.57. The third-order valence-corrected chi connectivity index (χ3v) is 6.24.